The van der Waals surface area contributed by atoms with Crippen LogP contribution in [0, 0.1) is 13.8 Å². The average Bonchev–Trinajstić information content (AvgIpc) is 2.35. The Labute approximate surface area is 131 Å². The Bertz CT molecular complexity index is 609. The molecule has 0 atom stereocenters. The highest BCUT2D eigenvalue weighted by atomic mass is 79.9. The van der Waals surface area contributed by atoms with Gasteiger partial charge >= 0.3 is 0 Å². The molecule has 0 amide bonds. The Kier molecular flexibility index (Phi) is 4.77. The summed E-state index contributed by atoms with van der Waals surface area (Å²) in [6, 6.07) is 4.03. The molecular weight excluding hydrogens is 342 g/mol. The van der Waals surface area contributed by atoms with E-state index in [9.17, 15) is 0 Å². The summed E-state index contributed by atoms with van der Waals surface area (Å²) in [5.41, 5.74) is 3.19. The summed E-state index contributed by atoms with van der Waals surface area (Å²) in [4.78, 5) is 12.3. The highest BCUT2D eigenvalue weighted by molar-refractivity contribution is 9.10. The third-order valence-corrected chi connectivity index (χ3v) is 4.06. The summed E-state index contributed by atoms with van der Waals surface area (Å²) in [6.45, 7) is 6.75. The fourth-order valence-electron chi connectivity index (χ4n) is 1.79. The van der Waals surface area contributed by atoms with Crippen LogP contribution in [0.3, 0.4) is 0 Å². The highest BCUT2D eigenvalue weighted by Crippen LogP contribution is 2.26. The van der Waals surface area contributed by atoms with Crippen molar-refractivity contribution in [3.63, 3.8) is 0 Å². The minimum absolute atomic E-state index is 0.156. The molecule has 2 aromatic rings. The lowest BCUT2D eigenvalue weighted by atomic mass is 10.1. The van der Waals surface area contributed by atoms with Gasteiger partial charge in [0.1, 0.15) is 0 Å². The van der Waals surface area contributed by atoms with Gasteiger partial charge in [-0.25, -0.2) is 0 Å². The van der Waals surface area contributed by atoms with Gasteiger partial charge in [0.2, 0.25) is 17.2 Å². The number of aromatic nitrogens is 3. The molecule has 5 nitrogen and oxygen atoms in total. The summed E-state index contributed by atoms with van der Waals surface area (Å²) >= 11 is 9.43. The molecule has 0 bridgehead atoms. The Hall–Kier alpha value is -1.40. The van der Waals surface area contributed by atoms with Gasteiger partial charge in [0.15, 0.2) is 0 Å². The molecular formula is C13H15BrClN5. The summed E-state index contributed by atoms with van der Waals surface area (Å²) in [7, 11) is 0. The minimum Gasteiger partial charge on any atom is -0.354 e. The van der Waals surface area contributed by atoms with E-state index in [0.717, 1.165) is 27.8 Å². The number of anilines is 3. The van der Waals surface area contributed by atoms with Crippen molar-refractivity contribution in [2.45, 2.75) is 20.8 Å². The Morgan fingerprint density at radius 3 is 2.30 bits per heavy atom. The maximum Gasteiger partial charge on any atom is 0.233 e. The fraction of sp³-hybridized carbons (Fsp3) is 0.308. The third-order valence-electron chi connectivity index (χ3n) is 2.64. The van der Waals surface area contributed by atoms with Crippen LogP contribution in [0.2, 0.25) is 5.28 Å². The van der Waals surface area contributed by atoms with Crippen molar-refractivity contribution in [2.24, 2.45) is 0 Å². The summed E-state index contributed by atoms with van der Waals surface area (Å²) in [5, 5.41) is 6.31. The standard InChI is InChI=1S/C13H15BrClN5/c1-4-16-12-18-11(15)19-13(20-12)17-9-5-7(2)10(14)8(3)6-9/h5-6H,4H2,1-3H3,(H2,16,17,18,19,20). The first-order chi connectivity index (χ1) is 9.49. The van der Waals surface area contributed by atoms with Crippen molar-refractivity contribution in [1.29, 1.82) is 0 Å². The van der Waals surface area contributed by atoms with Gasteiger partial charge in [-0.15, -0.1) is 0 Å². The van der Waals surface area contributed by atoms with Crippen molar-refractivity contribution < 1.29 is 0 Å². The van der Waals surface area contributed by atoms with E-state index in [1.54, 1.807) is 0 Å². The number of aryl methyl sites for hydroxylation is 2. The summed E-state index contributed by atoms with van der Waals surface area (Å²) in [5.74, 6) is 0.877. The van der Waals surface area contributed by atoms with Crippen molar-refractivity contribution in [2.75, 3.05) is 17.2 Å². The van der Waals surface area contributed by atoms with Gasteiger partial charge in [-0.1, -0.05) is 15.9 Å². The number of rotatable bonds is 4. The van der Waals surface area contributed by atoms with E-state index in [-0.39, 0.29) is 5.28 Å². The summed E-state index contributed by atoms with van der Waals surface area (Å²) < 4.78 is 1.10. The number of nitrogens with one attached hydrogen (secondary N) is 2. The molecule has 106 valence electrons. The molecule has 7 heteroatoms. The smallest absolute Gasteiger partial charge is 0.233 e. The Morgan fingerprint density at radius 2 is 1.70 bits per heavy atom. The molecule has 20 heavy (non-hydrogen) atoms. The number of benzene rings is 1. The van der Waals surface area contributed by atoms with Crippen LogP contribution >= 0.6 is 27.5 Å². The summed E-state index contributed by atoms with van der Waals surface area (Å²) in [6.07, 6.45) is 0. The largest absolute Gasteiger partial charge is 0.354 e. The second-order valence-electron chi connectivity index (χ2n) is 4.33. The molecule has 1 aromatic carbocycles. The molecule has 1 aromatic heterocycles. The van der Waals surface area contributed by atoms with Gasteiger partial charge in [0.25, 0.3) is 0 Å². The zero-order chi connectivity index (χ0) is 14.7. The molecule has 0 spiro atoms. The molecule has 2 rings (SSSR count). The Morgan fingerprint density at radius 1 is 1.10 bits per heavy atom. The van der Waals surface area contributed by atoms with Crippen molar-refractivity contribution >= 4 is 45.1 Å². The minimum atomic E-state index is 0.156. The topological polar surface area (TPSA) is 62.7 Å². The fourth-order valence-corrected chi connectivity index (χ4v) is 2.18. The van der Waals surface area contributed by atoms with E-state index in [1.165, 1.54) is 0 Å². The first-order valence-electron chi connectivity index (χ1n) is 6.18. The molecule has 0 unspecified atom stereocenters. The monoisotopic (exact) mass is 355 g/mol. The normalized spacial score (nSPS) is 10.4. The second kappa shape index (κ2) is 6.37. The highest BCUT2D eigenvalue weighted by Gasteiger charge is 2.07. The zero-order valence-electron chi connectivity index (χ0n) is 11.5. The van der Waals surface area contributed by atoms with Crippen LogP contribution < -0.4 is 10.6 Å². The van der Waals surface area contributed by atoms with E-state index in [1.807, 2.05) is 32.9 Å². The van der Waals surface area contributed by atoms with E-state index in [2.05, 4.69) is 41.5 Å². The van der Waals surface area contributed by atoms with E-state index >= 15 is 0 Å². The molecule has 0 radical (unpaired) electrons. The van der Waals surface area contributed by atoms with Crippen LogP contribution in [-0.4, -0.2) is 21.5 Å². The number of nitrogens with zero attached hydrogens (tertiary/aromatic N) is 3. The molecule has 0 aliphatic rings. The van der Waals surface area contributed by atoms with Crippen molar-refractivity contribution in [3.8, 4) is 0 Å². The number of halogens is 2. The van der Waals surface area contributed by atoms with E-state index in [4.69, 9.17) is 11.6 Å². The van der Waals surface area contributed by atoms with Gasteiger partial charge in [-0.3, -0.25) is 0 Å². The number of hydrogen-bond acceptors (Lipinski definition) is 5. The molecule has 0 aliphatic carbocycles. The predicted molar refractivity (Wildman–Crippen MR) is 85.9 cm³/mol. The van der Waals surface area contributed by atoms with Crippen molar-refractivity contribution in [1.82, 2.24) is 15.0 Å². The van der Waals surface area contributed by atoms with Crippen LogP contribution in [-0.2, 0) is 0 Å². The van der Waals surface area contributed by atoms with Crippen LogP contribution in [0.25, 0.3) is 0 Å². The number of hydrogen-bond donors (Lipinski definition) is 2. The first kappa shape index (κ1) is 15.0. The van der Waals surface area contributed by atoms with Gasteiger partial charge in [0.05, 0.1) is 0 Å². The third kappa shape index (κ3) is 3.58. The molecule has 1 heterocycles. The van der Waals surface area contributed by atoms with Gasteiger partial charge < -0.3 is 10.6 Å². The van der Waals surface area contributed by atoms with Gasteiger partial charge in [-0.2, -0.15) is 15.0 Å². The Balaban J connectivity index is 2.30. The van der Waals surface area contributed by atoms with Crippen LogP contribution in [0.1, 0.15) is 18.1 Å². The van der Waals surface area contributed by atoms with E-state index < -0.39 is 0 Å². The molecule has 0 aliphatic heterocycles. The zero-order valence-corrected chi connectivity index (χ0v) is 13.8. The molecule has 0 saturated carbocycles. The average molecular weight is 357 g/mol. The molecule has 2 N–H and O–H groups in total. The first-order valence-corrected chi connectivity index (χ1v) is 7.36. The van der Waals surface area contributed by atoms with Crippen LogP contribution in [0.15, 0.2) is 16.6 Å². The maximum atomic E-state index is 5.89. The predicted octanol–water partition coefficient (Wildman–Crippen LogP) is 4.08. The molecule has 0 saturated heterocycles. The lowest BCUT2D eigenvalue weighted by Gasteiger charge is -2.10. The van der Waals surface area contributed by atoms with Crippen molar-refractivity contribution in [3.05, 3.63) is 33.0 Å². The maximum absolute atomic E-state index is 5.89. The van der Waals surface area contributed by atoms with Gasteiger partial charge in [0, 0.05) is 16.7 Å². The SMILES string of the molecule is CCNc1nc(Cl)nc(Nc2cc(C)c(Br)c(C)c2)n1. The second-order valence-corrected chi connectivity index (χ2v) is 5.46. The molecule has 0 fully saturated rings. The van der Waals surface area contributed by atoms with Crippen LogP contribution in [0.4, 0.5) is 17.6 Å². The van der Waals surface area contributed by atoms with Gasteiger partial charge in [-0.05, 0) is 55.6 Å². The quantitative estimate of drug-likeness (QED) is 0.864. The lowest BCUT2D eigenvalue weighted by molar-refractivity contribution is 1.02. The van der Waals surface area contributed by atoms with Crippen LogP contribution in [0.5, 0.6) is 0 Å². The van der Waals surface area contributed by atoms with E-state index in [0.29, 0.717) is 11.9 Å². The lowest BCUT2D eigenvalue weighted by Crippen LogP contribution is -2.06.